The molecule has 0 aromatic rings. The van der Waals surface area contributed by atoms with E-state index in [4.69, 9.17) is 23.7 Å². The van der Waals surface area contributed by atoms with Crippen molar-refractivity contribution in [3.8, 4) is 0 Å². The van der Waals surface area contributed by atoms with Crippen LogP contribution in [0.25, 0.3) is 0 Å². The lowest BCUT2D eigenvalue weighted by molar-refractivity contribution is -0.260. The van der Waals surface area contributed by atoms with Gasteiger partial charge >= 0.3 is 18.0 Å². The molecule has 12 heteroatoms. The molecular formula is C26H44N2O10. The second-order valence-electron chi connectivity index (χ2n) is 10.4. The predicted octanol–water partition coefficient (Wildman–Crippen LogP) is 2.41. The molecule has 38 heavy (non-hydrogen) atoms. The van der Waals surface area contributed by atoms with Gasteiger partial charge in [-0.05, 0) is 40.0 Å². The summed E-state index contributed by atoms with van der Waals surface area (Å²) >= 11 is 0. The van der Waals surface area contributed by atoms with Gasteiger partial charge in [-0.1, -0.05) is 6.92 Å². The molecule has 2 N–H and O–H groups in total. The average Bonchev–Trinajstić information content (AvgIpc) is 2.77. The van der Waals surface area contributed by atoms with Crippen LogP contribution in [0.2, 0.25) is 0 Å². The van der Waals surface area contributed by atoms with Crippen molar-refractivity contribution >= 4 is 29.7 Å². The number of ketones is 1. The third-order valence-electron chi connectivity index (χ3n) is 5.62. The molecular weight excluding hydrogens is 500 g/mol. The quantitative estimate of drug-likeness (QED) is 0.189. The van der Waals surface area contributed by atoms with Gasteiger partial charge in [0, 0.05) is 52.7 Å². The second-order valence-corrected chi connectivity index (χ2v) is 10.4. The van der Waals surface area contributed by atoms with Crippen molar-refractivity contribution in [2.45, 2.75) is 111 Å². The van der Waals surface area contributed by atoms with E-state index in [9.17, 15) is 24.0 Å². The van der Waals surface area contributed by atoms with E-state index in [1.807, 2.05) is 0 Å². The van der Waals surface area contributed by atoms with Gasteiger partial charge in [0.2, 0.25) is 5.91 Å². The van der Waals surface area contributed by atoms with Crippen molar-refractivity contribution in [1.82, 2.24) is 10.6 Å². The molecule has 1 saturated heterocycles. The molecule has 0 radical (unpaired) electrons. The van der Waals surface area contributed by atoms with Gasteiger partial charge in [-0.25, -0.2) is 4.79 Å². The number of esters is 2. The Morgan fingerprint density at radius 1 is 0.921 bits per heavy atom. The van der Waals surface area contributed by atoms with Crippen LogP contribution < -0.4 is 10.6 Å². The molecule has 0 spiro atoms. The molecule has 218 valence electrons. The molecule has 0 aromatic heterocycles. The highest BCUT2D eigenvalue weighted by Gasteiger charge is 2.47. The molecule has 1 aliphatic heterocycles. The summed E-state index contributed by atoms with van der Waals surface area (Å²) < 4.78 is 27.6. The van der Waals surface area contributed by atoms with E-state index in [1.54, 1.807) is 27.7 Å². The van der Waals surface area contributed by atoms with Crippen LogP contribution in [0, 0.1) is 5.92 Å². The molecule has 0 saturated carbocycles. The van der Waals surface area contributed by atoms with Crippen LogP contribution >= 0.6 is 0 Å². The average molecular weight is 545 g/mol. The number of nitrogens with one attached hydrogen (secondary N) is 2. The van der Waals surface area contributed by atoms with Crippen LogP contribution in [-0.4, -0.2) is 79.6 Å². The molecule has 1 rings (SSSR count). The maximum Gasteiger partial charge on any atom is 0.407 e. The molecule has 0 unspecified atom stereocenters. The molecule has 1 heterocycles. The largest absolute Gasteiger partial charge is 0.463 e. The molecule has 0 bridgehead atoms. The first-order chi connectivity index (χ1) is 17.7. The van der Waals surface area contributed by atoms with Gasteiger partial charge in [0.25, 0.3) is 0 Å². The maximum absolute atomic E-state index is 12.2. The number of ether oxygens (including phenoxy) is 5. The van der Waals surface area contributed by atoms with Crippen LogP contribution in [0.15, 0.2) is 0 Å². The summed E-state index contributed by atoms with van der Waals surface area (Å²) in [7, 11) is 0. The minimum atomic E-state index is -0.949. The first-order valence-corrected chi connectivity index (χ1v) is 13.0. The normalized spacial score (nSPS) is 23.2. The van der Waals surface area contributed by atoms with Crippen LogP contribution in [0.5, 0.6) is 0 Å². The summed E-state index contributed by atoms with van der Waals surface area (Å²) in [5.41, 5.74) is -0.574. The van der Waals surface area contributed by atoms with Crippen LogP contribution in [0.1, 0.15) is 80.6 Å². The number of alkyl carbamates (subject to hydrolysis) is 1. The molecule has 12 nitrogen and oxygen atoms in total. The van der Waals surface area contributed by atoms with Crippen molar-refractivity contribution in [1.29, 1.82) is 0 Å². The Labute approximate surface area is 224 Å². The van der Waals surface area contributed by atoms with Gasteiger partial charge in [-0.3, -0.25) is 19.2 Å². The lowest BCUT2D eigenvalue weighted by Gasteiger charge is -2.44. The summed E-state index contributed by atoms with van der Waals surface area (Å²) in [5.74, 6) is -1.66. The lowest BCUT2D eigenvalue weighted by atomic mass is 9.89. The van der Waals surface area contributed by atoms with Crippen molar-refractivity contribution in [3.05, 3.63) is 0 Å². The third-order valence-corrected chi connectivity index (χ3v) is 5.62. The molecule has 2 amide bonds. The zero-order chi connectivity index (χ0) is 28.9. The van der Waals surface area contributed by atoms with E-state index in [0.29, 0.717) is 38.6 Å². The van der Waals surface area contributed by atoms with Crippen molar-refractivity contribution in [2.75, 3.05) is 19.8 Å². The number of Topliss-reactive ketones (excluding diaryl/α,β-unsaturated/α-hetero) is 1. The first kappa shape index (κ1) is 33.3. The Morgan fingerprint density at radius 3 is 2.16 bits per heavy atom. The summed E-state index contributed by atoms with van der Waals surface area (Å²) in [4.78, 5) is 58.7. The van der Waals surface area contributed by atoms with Gasteiger partial charge in [-0.2, -0.15) is 0 Å². The Hall–Kier alpha value is -2.73. The maximum atomic E-state index is 12.2. The lowest BCUT2D eigenvalue weighted by Crippen LogP contribution is -2.63. The summed E-state index contributed by atoms with van der Waals surface area (Å²) in [6.07, 6.45) is -0.485. The van der Waals surface area contributed by atoms with E-state index in [1.165, 1.54) is 20.8 Å². The standard InChI is InChI=1S/C26H44N2O10/c1-16-21(15-35-18(3)30)37-24(22(28-17(2)29)23(16)36-19(4)31)34-14-9-8-11-20(32)12-10-13-27-25(33)38-26(5,6)7/h16,21-24H,8-15H2,1-7H3,(H,27,33)(H,28,29)/t16-,21+,22+,23-,24+/m0/s1. The molecule has 0 aromatic carbocycles. The number of carbonyl (C=O) groups is 5. The third kappa shape index (κ3) is 13.7. The summed E-state index contributed by atoms with van der Waals surface area (Å²) in [6, 6.07) is -0.765. The molecule has 5 atom stereocenters. The van der Waals surface area contributed by atoms with E-state index in [-0.39, 0.29) is 24.9 Å². The van der Waals surface area contributed by atoms with Crippen molar-refractivity contribution < 1.29 is 47.7 Å². The monoisotopic (exact) mass is 544 g/mol. The van der Waals surface area contributed by atoms with Crippen molar-refractivity contribution in [3.63, 3.8) is 0 Å². The molecule has 1 aliphatic rings. The number of rotatable bonds is 14. The summed E-state index contributed by atoms with van der Waals surface area (Å²) in [5, 5.41) is 5.37. The van der Waals surface area contributed by atoms with E-state index < -0.39 is 54.1 Å². The van der Waals surface area contributed by atoms with Crippen LogP contribution in [0.4, 0.5) is 4.79 Å². The van der Waals surface area contributed by atoms with Gasteiger partial charge in [0.05, 0.1) is 0 Å². The first-order valence-electron chi connectivity index (χ1n) is 13.0. The Bertz CT molecular complexity index is 810. The minimum Gasteiger partial charge on any atom is -0.463 e. The van der Waals surface area contributed by atoms with Crippen LogP contribution in [0.3, 0.4) is 0 Å². The van der Waals surface area contributed by atoms with E-state index in [2.05, 4.69) is 10.6 Å². The van der Waals surface area contributed by atoms with Gasteiger partial charge < -0.3 is 34.3 Å². The highest BCUT2D eigenvalue weighted by atomic mass is 16.7. The van der Waals surface area contributed by atoms with Gasteiger partial charge in [0.15, 0.2) is 6.29 Å². The highest BCUT2D eigenvalue weighted by Crippen LogP contribution is 2.30. The van der Waals surface area contributed by atoms with E-state index >= 15 is 0 Å². The Morgan fingerprint density at radius 2 is 1.58 bits per heavy atom. The Balaban J connectivity index is 2.54. The predicted molar refractivity (Wildman–Crippen MR) is 136 cm³/mol. The number of amides is 2. The minimum absolute atomic E-state index is 0.0573. The number of carbonyl (C=O) groups excluding carboxylic acids is 5. The fourth-order valence-corrected chi connectivity index (χ4v) is 3.90. The fraction of sp³-hybridized carbons (Fsp3) is 0.808. The molecule has 0 aliphatic carbocycles. The number of unbranched alkanes of at least 4 members (excludes halogenated alkanes) is 1. The van der Waals surface area contributed by atoms with Crippen LogP contribution in [-0.2, 0) is 42.9 Å². The number of hydrogen-bond acceptors (Lipinski definition) is 10. The number of hydrogen-bond donors (Lipinski definition) is 2. The highest BCUT2D eigenvalue weighted by molar-refractivity contribution is 5.78. The fourth-order valence-electron chi connectivity index (χ4n) is 3.90. The second kappa shape index (κ2) is 16.3. The topological polar surface area (TPSA) is 156 Å². The molecule has 1 fully saturated rings. The zero-order valence-corrected chi connectivity index (χ0v) is 23.6. The van der Waals surface area contributed by atoms with Gasteiger partial charge in [-0.15, -0.1) is 0 Å². The zero-order valence-electron chi connectivity index (χ0n) is 23.6. The SMILES string of the molecule is CC(=O)N[C@H]1[C@H](OCCCCC(=O)CCCNC(=O)OC(C)(C)C)O[C@H](COC(C)=O)[C@H](C)[C@@H]1OC(C)=O. The van der Waals surface area contributed by atoms with Gasteiger partial charge in [0.1, 0.15) is 36.2 Å². The smallest absolute Gasteiger partial charge is 0.407 e. The van der Waals surface area contributed by atoms with E-state index in [0.717, 1.165) is 0 Å². The summed E-state index contributed by atoms with van der Waals surface area (Å²) in [6.45, 7) is 11.5. The van der Waals surface area contributed by atoms with Crippen molar-refractivity contribution in [2.24, 2.45) is 5.92 Å². The Kier molecular flexibility index (Phi) is 14.3.